The quantitative estimate of drug-likeness (QED) is 0.326. The molecule has 8 nitrogen and oxygen atoms in total. The van der Waals surface area contributed by atoms with Gasteiger partial charge in [0.05, 0.1) is 24.1 Å². The zero-order valence-corrected chi connectivity index (χ0v) is 24.9. The summed E-state index contributed by atoms with van der Waals surface area (Å²) in [6.45, 7) is 6.05. The van der Waals surface area contributed by atoms with Crippen LogP contribution in [-0.4, -0.2) is 57.1 Å². The van der Waals surface area contributed by atoms with Gasteiger partial charge < -0.3 is 15.0 Å². The van der Waals surface area contributed by atoms with Crippen LogP contribution in [0.3, 0.4) is 0 Å². The minimum atomic E-state index is -3.64. The van der Waals surface area contributed by atoms with Gasteiger partial charge >= 0.3 is 0 Å². The molecule has 0 aromatic heterocycles. The Kier molecular flexibility index (Phi) is 12.2. The Bertz CT molecular complexity index is 1190. The third-order valence-corrected chi connectivity index (χ3v) is 7.97. The summed E-state index contributed by atoms with van der Waals surface area (Å²) in [5.74, 6) is -0.0275. The van der Waals surface area contributed by atoms with Crippen LogP contribution in [0.4, 0.5) is 5.69 Å². The summed E-state index contributed by atoms with van der Waals surface area (Å²) in [6.07, 6.45) is 2.60. The Morgan fingerprint density at radius 3 is 2.24 bits per heavy atom. The van der Waals surface area contributed by atoms with Crippen LogP contribution >= 0.6 is 23.2 Å². The molecule has 0 aliphatic rings. The van der Waals surface area contributed by atoms with E-state index in [-0.39, 0.29) is 48.8 Å². The van der Waals surface area contributed by atoms with Crippen LogP contribution in [0.2, 0.25) is 10.0 Å². The van der Waals surface area contributed by atoms with E-state index in [1.807, 2.05) is 32.9 Å². The fraction of sp³-hybridized carbons (Fsp3) is 0.481. The number of anilines is 1. The van der Waals surface area contributed by atoms with Gasteiger partial charge in [0.2, 0.25) is 21.8 Å². The number of nitrogens with zero attached hydrogens (tertiary/aromatic N) is 2. The lowest BCUT2D eigenvalue weighted by molar-refractivity contribution is -0.141. The van der Waals surface area contributed by atoms with E-state index in [0.717, 1.165) is 18.2 Å². The number of carbonyl (C=O) groups excluding carboxylic acids is 2. The van der Waals surface area contributed by atoms with Crippen LogP contribution in [0.25, 0.3) is 0 Å². The summed E-state index contributed by atoms with van der Waals surface area (Å²) < 4.78 is 31.5. The van der Waals surface area contributed by atoms with Crippen molar-refractivity contribution in [1.29, 1.82) is 0 Å². The van der Waals surface area contributed by atoms with Crippen molar-refractivity contribution in [2.45, 2.75) is 65.1 Å². The Hall–Kier alpha value is -2.49. The monoisotopic (exact) mass is 585 g/mol. The molecular weight excluding hydrogens is 549 g/mol. The summed E-state index contributed by atoms with van der Waals surface area (Å²) in [5, 5.41) is 3.83. The minimum Gasteiger partial charge on any atom is -0.495 e. The summed E-state index contributed by atoms with van der Waals surface area (Å²) in [7, 11) is -2.17. The molecule has 11 heteroatoms. The highest BCUT2D eigenvalue weighted by molar-refractivity contribution is 7.92. The van der Waals surface area contributed by atoms with Gasteiger partial charge in [0.1, 0.15) is 11.8 Å². The van der Waals surface area contributed by atoms with Gasteiger partial charge in [-0.2, -0.15) is 0 Å². The zero-order chi connectivity index (χ0) is 28.5. The number of benzene rings is 2. The van der Waals surface area contributed by atoms with E-state index in [9.17, 15) is 18.0 Å². The van der Waals surface area contributed by atoms with Gasteiger partial charge in [0, 0.05) is 30.6 Å². The molecule has 0 heterocycles. The van der Waals surface area contributed by atoms with Crippen molar-refractivity contribution in [3.8, 4) is 5.75 Å². The van der Waals surface area contributed by atoms with E-state index in [0.29, 0.717) is 22.9 Å². The molecule has 0 aliphatic heterocycles. The first-order valence-electron chi connectivity index (χ1n) is 12.6. The molecular formula is C27H37Cl2N3O5S. The van der Waals surface area contributed by atoms with E-state index >= 15 is 0 Å². The second-order valence-corrected chi connectivity index (χ2v) is 11.9. The van der Waals surface area contributed by atoms with Crippen molar-refractivity contribution in [3.05, 3.63) is 58.1 Å². The molecule has 0 saturated heterocycles. The first-order valence-corrected chi connectivity index (χ1v) is 15.2. The first kappa shape index (κ1) is 31.7. The Morgan fingerprint density at radius 2 is 1.71 bits per heavy atom. The van der Waals surface area contributed by atoms with E-state index in [4.69, 9.17) is 27.9 Å². The lowest BCUT2D eigenvalue weighted by Gasteiger charge is -2.32. The molecule has 0 spiro atoms. The van der Waals surface area contributed by atoms with Crippen LogP contribution in [0, 0.1) is 0 Å². The maximum Gasteiger partial charge on any atom is 0.243 e. The number of nitrogens with one attached hydrogen (secondary N) is 1. The molecule has 0 fully saturated rings. The molecule has 0 aliphatic carbocycles. The maximum atomic E-state index is 13.5. The lowest BCUT2D eigenvalue weighted by Crippen LogP contribution is -2.50. The molecule has 0 radical (unpaired) electrons. The number of hydrogen-bond donors (Lipinski definition) is 1. The van der Waals surface area contributed by atoms with E-state index in [1.165, 1.54) is 17.5 Å². The van der Waals surface area contributed by atoms with Crippen LogP contribution in [0.15, 0.2) is 42.5 Å². The predicted octanol–water partition coefficient (Wildman–Crippen LogP) is 5.27. The molecule has 2 atom stereocenters. The summed E-state index contributed by atoms with van der Waals surface area (Å²) >= 11 is 12.2. The average Bonchev–Trinajstić information content (AvgIpc) is 2.86. The third-order valence-electron chi connectivity index (χ3n) is 6.23. The normalized spacial score (nSPS) is 12.9. The number of carbonyl (C=O) groups is 2. The summed E-state index contributed by atoms with van der Waals surface area (Å²) in [4.78, 5) is 28.1. The van der Waals surface area contributed by atoms with Gasteiger partial charge in [-0.05, 0) is 62.1 Å². The van der Waals surface area contributed by atoms with Gasteiger partial charge in [-0.25, -0.2) is 8.42 Å². The lowest BCUT2D eigenvalue weighted by atomic mass is 10.1. The summed E-state index contributed by atoms with van der Waals surface area (Å²) in [5.41, 5.74) is 1.21. The number of amides is 2. The fourth-order valence-corrected chi connectivity index (χ4v) is 5.30. The van der Waals surface area contributed by atoms with Gasteiger partial charge in [-0.3, -0.25) is 13.9 Å². The van der Waals surface area contributed by atoms with Crippen molar-refractivity contribution in [2.75, 3.05) is 24.2 Å². The zero-order valence-electron chi connectivity index (χ0n) is 22.5. The molecule has 2 aromatic rings. The number of methoxy groups -OCH3 is 1. The Morgan fingerprint density at radius 1 is 1.05 bits per heavy atom. The van der Waals surface area contributed by atoms with Crippen LogP contribution in [0.1, 0.15) is 52.0 Å². The van der Waals surface area contributed by atoms with Crippen molar-refractivity contribution in [2.24, 2.45) is 0 Å². The molecule has 2 rings (SSSR count). The number of rotatable bonds is 14. The largest absolute Gasteiger partial charge is 0.495 e. The number of halogens is 2. The molecule has 2 amide bonds. The van der Waals surface area contributed by atoms with Crippen molar-refractivity contribution in [3.63, 3.8) is 0 Å². The number of hydrogen-bond acceptors (Lipinski definition) is 5. The molecule has 0 saturated carbocycles. The summed E-state index contributed by atoms with van der Waals surface area (Å²) in [6, 6.07) is 11.1. The van der Waals surface area contributed by atoms with Crippen LogP contribution in [0.5, 0.6) is 5.75 Å². The Balaban J connectivity index is 2.24. The maximum absolute atomic E-state index is 13.5. The van der Waals surface area contributed by atoms with E-state index in [2.05, 4.69) is 5.32 Å². The average molecular weight is 587 g/mol. The second-order valence-electron chi connectivity index (χ2n) is 9.15. The standard InChI is InChI=1S/C27H37Cl2N3O5S/c1-6-19(3)30-27(34)24(7-2)31(18-20-10-12-21(28)13-11-20)26(33)9-8-16-32(38(5,35)36)22-14-15-25(37-4)23(29)17-22/h10-15,17,19,24H,6-9,16,18H2,1-5H3,(H,30,34)/t19-,24-/m1/s1. The molecule has 210 valence electrons. The molecule has 1 N–H and O–H groups in total. The second kappa shape index (κ2) is 14.6. The SMILES string of the molecule is CC[C@@H](C)NC(=O)[C@@H](CC)N(Cc1ccc(Cl)cc1)C(=O)CCCN(c1ccc(OC)c(Cl)c1)S(C)(=O)=O. The van der Waals surface area contributed by atoms with Crippen LogP contribution in [-0.2, 0) is 26.2 Å². The molecule has 0 bridgehead atoms. The third kappa shape index (κ3) is 9.06. The first-order chi connectivity index (χ1) is 17.9. The van der Waals surface area contributed by atoms with E-state index < -0.39 is 16.1 Å². The topological polar surface area (TPSA) is 96.0 Å². The number of sulfonamides is 1. The number of ether oxygens (including phenoxy) is 1. The van der Waals surface area contributed by atoms with Crippen molar-refractivity contribution >= 4 is 50.7 Å². The van der Waals surface area contributed by atoms with Crippen molar-refractivity contribution in [1.82, 2.24) is 10.2 Å². The highest BCUT2D eigenvalue weighted by Gasteiger charge is 2.29. The van der Waals surface area contributed by atoms with Crippen LogP contribution < -0.4 is 14.4 Å². The molecule has 0 unspecified atom stereocenters. The van der Waals surface area contributed by atoms with Gasteiger partial charge in [0.25, 0.3) is 0 Å². The van der Waals surface area contributed by atoms with Gasteiger partial charge in [-0.15, -0.1) is 0 Å². The highest BCUT2D eigenvalue weighted by atomic mass is 35.5. The van der Waals surface area contributed by atoms with Gasteiger partial charge in [0.15, 0.2) is 0 Å². The van der Waals surface area contributed by atoms with Crippen molar-refractivity contribution < 1.29 is 22.7 Å². The highest BCUT2D eigenvalue weighted by Crippen LogP contribution is 2.30. The molecule has 2 aromatic carbocycles. The minimum absolute atomic E-state index is 0.0244. The fourth-order valence-electron chi connectivity index (χ4n) is 3.96. The predicted molar refractivity (Wildman–Crippen MR) is 153 cm³/mol. The Labute approximate surface area is 236 Å². The van der Waals surface area contributed by atoms with Gasteiger partial charge in [-0.1, -0.05) is 49.2 Å². The molecule has 38 heavy (non-hydrogen) atoms. The smallest absolute Gasteiger partial charge is 0.243 e. The van der Waals surface area contributed by atoms with E-state index in [1.54, 1.807) is 29.2 Å².